The molecule has 0 aliphatic rings. The molecule has 0 bridgehead atoms. The van der Waals surface area contributed by atoms with Gasteiger partial charge in [-0.05, 0) is 36.5 Å². The highest BCUT2D eigenvalue weighted by Crippen LogP contribution is 2.23. The Labute approximate surface area is 113 Å². The maximum atomic E-state index is 12.4. The number of para-hydroxylation sites is 1. The Bertz CT molecular complexity index is 771. The third-order valence-corrected chi connectivity index (χ3v) is 4.06. The highest BCUT2D eigenvalue weighted by molar-refractivity contribution is 7.73. The summed E-state index contributed by atoms with van der Waals surface area (Å²) in [5, 5.41) is 0. The number of nitrogens with zero attached hydrogens (tertiary/aromatic N) is 1. The van der Waals surface area contributed by atoms with Crippen LogP contribution in [-0.2, 0) is 0 Å². The van der Waals surface area contributed by atoms with Crippen LogP contribution in [0.3, 0.4) is 0 Å². The van der Waals surface area contributed by atoms with Crippen LogP contribution in [0.5, 0.6) is 0 Å². The van der Waals surface area contributed by atoms with Crippen molar-refractivity contribution >= 4 is 39.7 Å². The molecule has 88 valence electrons. The van der Waals surface area contributed by atoms with Gasteiger partial charge in [0.05, 0.1) is 10.2 Å². The minimum absolute atomic E-state index is 0.0712. The lowest BCUT2D eigenvalue weighted by atomic mass is 10.2. The summed E-state index contributed by atoms with van der Waals surface area (Å²) in [6.07, 6.45) is 0. The number of benzene rings is 2. The van der Waals surface area contributed by atoms with Crippen LogP contribution in [0, 0.1) is 3.95 Å². The van der Waals surface area contributed by atoms with E-state index in [9.17, 15) is 4.79 Å². The van der Waals surface area contributed by atoms with Gasteiger partial charge in [0, 0.05) is 5.56 Å². The van der Waals surface area contributed by atoms with Gasteiger partial charge < -0.3 is 0 Å². The molecule has 0 amide bonds. The Kier molecular flexibility index (Phi) is 2.81. The van der Waals surface area contributed by atoms with Crippen molar-refractivity contribution in [2.24, 2.45) is 0 Å². The van der Waals surface area contributed by atoms with Crippen LogP contribution in [-0.4, -0.2) is 10.5 Å². The predicted molar refractivity (Wildman–Crippen MR) is 76.8 cm³/mol. The van der Waals surface area contributed by atoms with Crippen LogP contribution in [0.15, 0.2) is 54.6 Å². The number of hydrogen-bond acceptors (Lipinski definition) is 3. The molecule has 4 heteroatoms. The fraction of sp³-hybridized carbons (Fsp3) is 0. The Hall–Kier alpha value is -1.78. The summed E-state index contributed by atoms with van der Waals surface area (Å²) in [7, 11) is 0. The zero-order valence-electron chi connectivity index (χ0n) is 9.37. The van der Waals surface area contributed by atoms with Gasteiger partial charge in [0.2, 0.25) is 0 Å². The van der Waals surface area contributed by atoms with E-state index in [1.165, 1.54) is 11.3 Å². The van der Waals surface area contributed by atoms with Gasteiger partial charge in [-0.3, -0.25) is 9.36 Å². The van der Waals surface area contributed by atoms with E-state index in [2.05, 4.69) is 0 Å². The Morgan fingerprint density at radius 2 is 1.67 bits per heavy atom. The molecule has 0 saturated heterocycles. The van der Waals surface area contributed by atoms with Gasteiger partial charge in [-0.1, -0.05) is 30.3 Å². The Morgan fingerprint density at radius 3 is 2.44 bits per heavy atom. The molecular formula is C14H9NOS2. The lowest BCUT2D eigenvalue weighted by molar-refractivity contribution is 0.0964. The van der Waals surface area contributed by atoms with E-state index in [0.29, 0.717) is 9.52 Å². The van der Waals surface area contributed by atoms with Crippen LogP contribution in [0.1, 0.15) is 10.4 Å². The standard InChI is InChI=1S/C14H9NOS2/c16-13(10-6-2-1-3-7-10)15-11-8-4-5-9-12(11)18-14(15)17/h1-9H. The molecule has 3 rings (SSSR count). The molecule has 2 nitrogen and oxygen atoms in total. The van der Waals surface area contributed by atoms with Crippen molar-refractivity contribution in [3.05, 3.63) is 64.1 Å². The number of fused-ring (bicyclic) bond motifs is 1. The molecular weight excluding hydrogens is 262 g/mol. The number of hydrogen-bond donors (Lipinski definition) is 0. The fourth-order valence-electron chi connectivity index (χ4n) is 1.87. The second-order valence-electron chi connectivity index (χ2n) is 3.84. The molecule has 0 atom stereocenters. The average Bonchev–Trinajstić information content (AvgIpc) is 2.75. The van der Waals surface area contributed by atoms with Crippen LogP contribution >= 0.6 is 23.6 Å². The molecule has 0 aliphatic heterocycles. The maximum Gasteiger partial charge on any atom is 0.264 e. The minimum Gasteiger partial charge on any atom is -0.268 e. The molecule has 0 saturated carbocycles. The lowest BCUT2D eigenvalue weighted by Gasteiger charge is -2.03. The summed E-state index contributed by atoms with van der Waals surface area (Å²) in [5.74, 6) is -0.0712. The van der Waals surface area contributed by atoms with Gasteiger partial charge in [-0.15, -0.1) is 11.3 Å². The van der Waals surface area contributed by atoms with Crippen molar-refractivity contribution in [2.45, 2.75) is 0 Å². The van der Waals surface area contributed by atoms with Crippen molar-refractivity contribution in [1.82, 2.24) is 4.57 Å². The van der Waals surface area contributed by atoms with Gasteiger partial charge in [0.1, 0.15) is 0 Å². The largest absolute Gasteiger partial charge is 0.268 e. The molecule has 0 unspecified atom stereocenters. The van der Waals surface area contributed by atoms with E-state index in [4.69, 9.17) is 12.2 Å². The molecule has 0 aliphatic carbocycles. The van der Waals surface area contributed by atoms with E-state index in [0.717, 1.165) is 10.2 Å². The minimum atomic E-state index is -0.0712. The summed E-state index contributed by atoms with van der Waals surface area (Å²) < 4.78 is 3.22. The second kappa shape index (κ2) is 4.48. The zero-order valence-corrected chi connectivity index (χ0v) is 11.0. The molecule has 18 heavy (non-hydrogen) atoms. The number of aromatic nitrogens is 1. The smallest absolute Gasteiger partial charge is 0.264 e. The van der Waals surface area contributed by atoms with Crippen LogP contribution in [0.25, 0.3) is 10.2 Å². The first-order chi connectivity index (χ1) is 8.77. The van der Waals surface area contributed by atoms with Crippen LogP contribution in [0.4, 0.5) is 0 Å². The molecule has 0 fully saturated rings. The molecule has 0 spiro atoms. The molecule has 1 heterocycles. The van der Waals surface area contributed by atoms with Crippen LogP contribution < -0.4 is 0 Å². The average molecular weight is 271 g/mol. The van der Waals surface area contributed by atoms with Crippen molar-refractivity contribution in [1.29, 1.82) is 0 Å². The van der Waals surface area contributed by atoms with Gasteiger partial charge in [-0.2, -0.15) is 0 Å². The number of carbonyl (C=O) groups is 1. The summed E-state index contributed by atoms with van der Waals surface area (Å²) >= 11 is 6.75. The molecule has 2 aromatic carbocycles. The first-order valence-corrected chi connectivity index (χ1v) is 6.70. The van der Waals surface area contributed by atoms with E-state index < -0.39 is 0 Å². The lowest BCUT2D eigenvalue weighted by Crippen LogP contribution is -2.11. The molecule has 0 radical (unpaired) electrons. The first-order valence-electron chi connectivity index (χ1n) is 5.48. The molecule has 0 N–H and O–H groups in total. The van der Waals surface area contributed by atoms with Crippen molar-refractivity contribution < 1.29 is 4.79 Å². The van der Waals surface area contributed by atoms with E-state index in [1.807, 2.05) is 42.5 Å². The van der Waals surface area contributed by atoms with Gasteiger partial charge >= 0.3 is 0 Å². The predicted octanol–water partition coefficient (Wildman–Crippen LogP) is 4.12. The monoisotopic (exact) mass is 271 g/mol. The normalized spacial score (nSPS) is 10.7. The third kappa shape index (κ3) is 1.79. The van der Waals surface area contributed by atoms with Crippen molar-refractivity contribution in [3.63, 3.8) is 0 Å². The first kappa shape index (κ1) is 11.3. The van der Waals surface area contributed by atoms with Crippen molar-refractivity contribution in [3.8, 4) is 0 Å². The van der Waals surface area contributed by atoms with Gasteiger partial charge in [0.25, 0.3) is 5.91 Å². The SMILES string of the molecule is O=C(c1ccccc1)n1c(=S)sc2ccccc21. The number of thiazole rings is 1. The van der Waals surface area contributed by atoms with Crippen LogP contribution in [0.2, 0.25) is 0 Å². The summed E-state index contributed by atoms with van der Waals surface area (Å²) in [6, 6.07) is 17.0. The van der Waals surface area contributed by atoms with E-state index in [-0.39, 0.29) is 5.91 Å². The van der Waals surface area contributed by atoms with E-state index in [1.54, 1.807) is 16.7 Å². The fourth-order valence-corrected chi connectivity index (χ4v) is 3.19. The second-order valence-corrected chi connectivity index (χ2v) is 5.52. The zero-order chi connectivity index (χ0) is 12.5. The quantitative estimate of drug-likeness (QED) is 0.621. The van der Waals surface area contributed by atoms with Gasteiger partial charge in [-0.25, -0.2) is 0 Å². The topological polar surface area (TPSA) is 22.0 Å². The number of carbonyl (C=O) groups excluding carboxylic acids is 1. The summed E-state index contributed by atoms with van der Waals surface area (Å²) in [4.78, 5) is 12.4. The summed E-state index contributed by atoms with van der Waals surface area (Å²) in [5.41, 5.74) is 1.53. The molecule has 1 aromatic heterocycles. The summed E-state index contributed by atoms with van der Waals surface area (Å²) in [6.45, 7) is 0. The highest BCUT2D eigenvalue weighted by Gasteiger charge is 2.13. The maximum absolute atomic E-state index is 12.4. The Morgan fingerprint density at radius 1 is 1.00 bits per heavy atom. The highest BCUT2D eigenvalue weighted by atomic mass is 32.1. The number of rotatable bonds is 1. The Balaban J connectivity index is 2.24. The third-order valence-electron chi connectivity index (χ3n) is 2.71. The van der Waals surface area contributed by atoms with E-state index >= 15 is 0 Å². The van der Waals surface area contributed by atoms with Gasteiger partial charge in [0.15, 0.2) is 3.95 Å². The van der Waals surface area contributed by atoms with Crippen molar-refractivity contribution in [2.75, 3.05) is 0 Å². The molecule has 3 aromatic rings.